The van der Waals surface area contributed by atoms with E-state index in [1.165, 1.54) is 49.6 Å². The van der Waals surface area contributed by atoms with Gasteiger partial charge >= 0.3 is 36.5 Å². The van der Waals surface area contributed by atoms with Gasteiger partial charge in [-0.3, -0.25) is 19.2 Å². The summed E-state index contributed by atoms with van der Waals surface area (Å²) in [4.78, 5) is 47.3. The van der Waals surface area contributed by atoms with Gasteiger partial charge in [-0.1, -0.05) is 24.3 Å². The number of halogens is 14. The molecule has 0 aromatic heterocycles. The number of hydrogen-bond donors (Lipinski definition) is 5. The topological polar surface area (TPSA) is 183 Å². The second-order valence-corrected chi connectivity index (χ2v) is 12.3. The second kappa shape index (κ2) is 20.1. The first-order valence-corrected chi connectivity index (χ1v) is 17.0. The number of nitrogens with zero attached hydrogens (tertiary/aromatic N) is 1. The molecule has 342 valence electrons. The summed E-state index contributed by atoms with van der Waals surface area (Å²) < 4.78 is 183. The molecule has 0 saturated carbocycles. The second-order valence-electron chi connectivity index (χ2n) is 12.3. The Morgan fingerprint density at radius 2 is 0.891 bits per heavy atom. The minimum absolute atomic E-state index is 0.0672. The van der Waals surface area contributed by atoms with Crippen LogP contribution in [-0.4, -0.2) is 43.1 Å². The molecule has 5 aromatic rings. The molecule has 4 amide bonds. The molecule has 8 N–H and O–H groups in total. The number of hydrogen-bond acceptors (Lipinski definition) is 8. The van der Waals surface area contributed by atoms with Crippen molar-refractivity contribution >= 4 is 57.8 Å². The van der Waals surface area contributed by atoms with Gasteiger partial charge in [0, 0.05) is 23.1 Å². The lowest BCUT2D eigenvalue weighted by Crippen LogP contribution is -2.39. The summed E-state index contributed by atoms with van der Waals surface area (Å²) in [6.07, 6.45) is -20.1. The van der Waals surface area contributed by atoms with E-state index in [1.54, 1.807) is 5.32 Å². The van der Waals surface area contributed by atoms with Gasteiger partial charge in [0.25, 0.3) is 11.8 Å². The molecular formula is C39H28F14N6O5. The zero-order chi connectivity index (χ0) is 48.5. The first-order valence-electron chi connectivity index (χ1n) is 17.0. The Morgan fingerprint density at radius 1 is 0.516 bits per heavy atom. The fourth-order valence-corrected chi connectivity index (χ4v) is 4.90. The first kappa shape index (κ1) is 50.8. The molecule has 0 atom stereocenters. The SMILES string of the molecule is COc1cc(N)ccc1NC(=O)C(F)(F)F.Nc1ccc(N(C(=O)c2ccccc2F)C(=O)c2ccccc2F)c(C(F)(F)F)c1.Nc1ccc(NC(=O)C(F)(F)F)c(C(F)(F)F)c1. The van der Waals surface area contributed by atoms with Crippen molar-refractivity contribution in [1.29, 1.82) is 0 Å². The molecular weight excluding hydrogens is 898 g/mol. The van der Waals surface area contributed by atoms with Gasteiger partial charge in [-0.25, -0.2) is 13.7 Å². The average molecular weight is 927 g/mol. The number of anilines is 6. The summed E-state index contributed by atoms with van der Waals surface area (Å²) in [6.45, 7) is 0. The van der Waals surface area contributed by atoms with Gasteiger partial charge in [0.1, 0.15) is 17.4 Å². The van der Waals surface area contributed by atoms with Crippen LogP contribution >= 0.6 is 0 Å². The van der Waals surface area contributed by atoms with Crippen molar-refractivity contribution in [3.63, 3.8) is 0 Å². The number of ether oxygens (including phenoxy) is 1. The molecule has 0 unspecified atom stereocenters. The highest BCUT2D eigenvalue weighted by Gasteiger charge is 2.42. The average Bonchev–Trinajstić information content (AvgIpc) is 3.19. The van der Waals surface area contributed by atoms with Crippen LogP contribution < -0.4 is 37.5 Å². The van der Waals surface area contributed by atoms with Crippen LogP contribution in [0.2, 0.25) is 0 Å². The first-order chi connectivity index (χ1) is 29.5. The molecule has 0 aliphatic carbocycles. The molecule has 0 spiro atoms. The molecule has 0 saturated heterocycles. The lowest BCUT2D eigenvalue weighted by molar-refractivity contribution is -0.167. The highest BCUT2D eigenvalue weighted by molar-refractivity contribution is 6.26. The minimum atomic E-state index is -5.27. The van der Waals surface area contributed by atoms with Crippen molar-refractivity contribution in [3.8, 4) is 5.75 Å². The number of amides is 4. The zero-order valence-corrected chi connectivity index (χ0v) is 31.8. The van der Waals surface area contributed by atoms with Gasteiger partial charge in [0.05, 0.1) is 46.4 Å². The monoisotopic (exact) mass is 926 g/mol. The predicted molar refractivity (Wildman–Crippen MR) is 202 cm³/mol. The number of nitrogens with two attached hydrogens (primary N) is 3. The summed E-state index contributed by atoms with van der Waals surface area (Å²) in [5.41, 5.74) is 9.55. The molecule has 5 aromatic carbocycles. The lowest BCUT2D eigenvalue weighted by atomic mass is 10.1. The van der Waals surface area contributed by atoms with E-state index >= 15 is 0 Å². The molecule has 11 nitrogen and oxygen atoms in total. The third-order valence-electron chi connectivity index (χ3n) is 7.77. The molecule has 64 heavy (non-hydrogen) atoms. The molecule has 0 radical (unpaired) electrons. The number of carbonyl (C=O) groups excluding carboxylic acids is 4. The number of rotatable bonds is 6. The number of nitrogens with one attached hydrogen (secondary N) is 2. The van der Waals surface area contributed by atoms with Crippen LogP contribution in [0.25, 0.3) is 0 Å². The smallest absolute Gasteiger partial charge is 0.471 e. The predicted octanol–water partition coefficient (Wildman–Crippen LogP) is 9.62. The van der Waals surface area contributed by atoms with Gasteiger partial charge < -0.3 is 32.6 Å². The standard InChI is InChI=1S/C21H13F5N2O2.C9H6F6N2O.C9H9F3N2O2/c22-16-7-3-1-5-13(16)19(29)28(20(30)14-6-2-4-8-17(14)23)18-10-9-12(27)11-15(18)21(24,25)26;10-8(11,12)5-3-4(16)1-2-6(5)17-7(18)9(13,14)15;1-16-7-4-5(13)2-3-6(7)14-8(15)9(10,11)12/h1-11H,27H2;1-3H,16H2,(H,17,18);2-4H,13H2,1H3,(H,14,15). The number of nitrogen functional groups attached to an aromatic ring is 3. The van der Waals surface area contributed by atoms with E-state index in [4.69, 9.17) is 21.9 Å². The van der Waals surface area contributed by atoms with Crippen LogP contribution in [0.4, 0.5) is 95.6 Å². The van der Waals surface area contributed by atoms with Crippen LogP contribution in [0.1, 0.15) is 31.8 Å². The normalized spacial score (nSPS) is 11.5. The van der Waals surface area contributed by atoms with E-state index in [2.05, 4.69) is 0 Å². The van der Waals surface area contributed by atoms with E-state index in [9.17, 15) is 80.6 Å². The lowest BCUT2D eigenvalue weighted by Gasteiger charge is -2.25. The summed E-state index contributed by atoms with van der Waals surface area (Å²) in [6, 6.07) is 17.2. The molecule has 0 aliphatic rings. The largest absolute Gasteiger partial charge is 0.494 e. The van der Waals surface area contributed by atoms with Crippen LogP contribution in [0.15, 0.2) is 103 Å². The Labute approximate surface area is 350 Å². The Balaban J connectivity index is 0.000000275. The summed E-state index contributed by atoms with van der Waals surface area (Å²) >= 11 is 0. The third-order valence-corrected chi connectivity index (χ3v) is 7.77. The van der Waals surface area contributed by atoms with Crippen LogP contribution in [0.5, 0.6) is 5.75 Å². The Bertz CT molecular complexity index is 2450. The number of imide groups is 1. The molecule has 5 rings (SSSR count). The molecule has 0 heterocycles. The van der Waals surface area contributed by atoms with Crippen LogP contribution in [-0.2, 0) is 21.9 Å². The highest BCUT2D eigenvalue weighted by Crippen LogP contribution is 2.40. The van der Waals surface area contributed by atoms with Crippen molar-refractivity contribution in [1.82, 2.24) is 0 Å². The number of benzene rings is 5. The van der Waals surface area contributed by atoms with E-state index < -0.39 is 93.6 Å². The van der Waals surface area contributed by atoms with E-state index in [0.29, 0.717) is 23.9 Å². The highest BCUT2D eigenvalue weighted by atomic mass is 19.4. The third kappa shape index (κ3) is 13.4. The maximum absolute atomic E-state index is 14.2. The summed E-state index contributed by atoms with van der Waals surface area (Å²) in [5, 5.41) is 2.83. The van der Waals surface area contributed by atoms with Crippen LogP contribution in [0.3, 0.4) is 0 Å². The maximum atomic E-state index is 14.2. The van der Waals surface area contributed by atoms with E-state index in [0.717, 1.165) is 47.8 Å². The van der Waals surface area contributed by atoms with Crippen molar-refractivity contribution < 1.29 is 85.4 Å². The van der Waals surface area contributed by atoms with E-state index in [1.807, 2.05) is 0 Å². The maximum Gasteiger partial charge on any atom is 0.471 e. The molecule has 0 aliphatic heterocycles. The van der Waals surface area contributed by atoms with Gasteiger partial charge in [-0.05, 0) is 72.8 Å². The van der Waals surface area contributed by atoms with Gasteiger partial charge in [0.15, 0.2) is 0 Å². The number of carbonyl (C=O) groups is 4. The minimum Gasteiger partial charge on any atom is -0.494 e. The van der Waals surface area contributed by atoms with Gasteiger partial charge in [-0.15, -0.1) is 0 Å². The summed E-state index contributed by atoms with van der Waals surface area (Å²) in [7, 11) is 1.26. The Morgan fingerprint density at radius 3 is 1.30 bits per heavy atom. The van der Waals surface area contributed by atoms with Crippen molar-refractivity contribution in [2.45, 2.75) is 24.7 Å². The molecule has 0 fully saturated rings. The zero-order valence-electron chi connectivity index (χ0n) is 31.8. The van der Waals surface area contributed by atoms with Crippen molar-refractivity contribution in [3.05, 3.63) is 137 Å². The van der Waals surface area contributed by atoms with Crippen molar-refractivity contribution in [2.24, 2.45) is 0 Å². The number of methoxy groups -OCH3 is 1. The molecule has 25 heteroatoms. The van der Waals surface area contributed by atoms with Gasteiger partial charge in [-0.2, -0.15) is 52.7 Å². The van der Waals surface area contributed by atoms with Crippen LogP contribution in [0, 0.1) is 11.6 Å². The van der Waals surface area contributed by atoms with E-state index in [-0.39, 0.29) is 27.7 Å². The Hall–Kier alpha value is -7.60. The fourth-order valence-electron chi connectivity index (χ4n) is 4.90. The fraction of sp³-hybridized carbons (Fsp3) is 0.128. The number of alkyl halides is 12. The molecule has 0 bridgehead atoms. The quantitative estimate of drug-likeness (QED) is 0.0634. The Kier molecular flexibility index (Phi) is 15.9. The van der Waals surface area contributed by atoms with Gasteiger partial charge in [0.2, 0.25) is 0 Å². The van der Waals surface area contributed by atoms with Crippen molar-refractivity contribution in [2.75, 3.05) is 39.8 Å². The summed E-state index contributed by atoms with van der Waals surface area (Å²) in [5.74, 6) is -9.38.